The predicted octanol–water partition coefficient (Wildman–Crippen LogP) is 2.07. The van der Waals surface area contributed by atoms with Crippen LogP contribution in [-0.4, -0.2) is 62.6 Å². The minimum Gasteiger partial charge on any atom is -0.368 e. The van der Waals surface area contributed by atoms with Gasteiger partial charge in [0.1, 0.15) is 5.82 Å². The van der Waals surface area contributed by atoms with E-state index in [4.69, 9.17) is 0 Å². The molecule has 1 aromatic rings. The molecule has 0 bridgehead atoms. The molecule has 2 rings (SSSR count). The number of hydrogen-bond donors (Lipinski definition) is 2. The van der Waals surface area contributed by atoms with Crippen LogP contribution in [0.1, 0.15) is 27.2 Å². The summed E-state index contributed by atoms with van der Waals surface area (Å²) < 4.78 is 13.0. The van der Waals surface area contributed by atoms with Gasteiger partial charge in [-0.2, -0.15) is 0 Å². The quantitative estimate of drug-likeness (QED) is 0.589. The van der Waals surface area contributed by atoms with Gasteiger partial charge in [-0.3, -0.25) is 9.79 Å². The summed E-state index contributed by atoms with van der Waals surface area (Å²) >= 11 is 0. The third-order valence-corrected chi connectivity index (χ3v) is 5.04. The van der Waals surface area contributed by atoms with Crippen LogP contribution in [-0.2, 0) is 4.79 Å². The summed E-state index contributed by atoms with van der Waals surface area (Å²) in [5, 5.41) is 6.54. The van der Waals surface area contributed by atoms with Gasteiger partial charge in [-0.1, -0.05) is 13.8 Å². The molecule has 1 aliphatic heterocycles. The molecule has 2 N–H and O–H groups in total. The van der Waals surface area contributed by atoms with Gasteiger partial charge in [-0.05, 0) is 37.1 Å². The highest BCUT2D eigenvalue weighted by Gasteiger charge is 2.21. The van der Waals surface area contributed by atoms with E-state index in [0.717, 1.165) is 24.7 Å². The normalized spacial score (nSPS) is 16.4. The fourth-order valence-electron chi connectivity index (χ4n) is 2.89. The van der Waals surface area contributed by atoms with E-state index >= 15 is 0 Å². The molecule has 0 aromatic heterocycles. The molecular formula is C20H32FN5O. The van der Waals surface area contributed by atoms with E-state index < -0.39 is 0 Å². The molecule has 1 amide bonds. The Hall–Kier alpha value is -2.31. The lowest BCUT2D eigenvalue weighted by Gasteiger charge is -2.36. The predicted molar refractivity (Wildman–Crippen MR) is 109 cm³/mol. The zero-order valence-corrected chi connectivity index (χ0v) is 16.8. The summed E-state index contributed by atoms with van der Waals surface area (Å²) in [6.45, 7) is 9.88. The van der Waals surface area contributed by atoms with Crippen molar-refractivity contribution in [3.05, 3.63) is 30.1 Å². The Bertz CT molecular complexity index is 624. The zero-order chi connectivity index (χ0) is 19.8. The van der Waals surface area contributed by atoms with Crippen LogP contribution < -0.4 is 15.5 Å². The molecular weight excluding hydrogens is 345 g/mol. The van der Waals surface area contributed by atoms with Crippen molar-refractivity contribution in [2.75, 3.05) is 44.7 Å². The van der Waals surface area contributed by atoms with Crippen molar-refractivity contribution in [3.63, 3.8) is 0 Å². The summed E-state index contributed by atoms with van der Waals surface area (Å²) in [5.41, 5.74) is 0.999. The van der Waals surface area contributed by atoms with Crippen molar-refractivity contribution < 1.29 is 9.18 Å². The highest BCUT2D eigenvalue weighted by atomic mass is 19.1. The van der Waals surface area contributed by atoms with Crippen molar-refractivity contribution in [1.82, 2.24) is 15.5 Å². The minimum atomic E-state index is -0.229. The second-order valence-corrected chi connectivity index (χ2v) is 7.27. The first kappa shape index (κ1) is 21.0. The number of carbonyl (C=O) groups excluding carboxylic acids is 1. The van der Waals surface area contributed by atoms with Crippen LogP contribution in [0.5, 0.6) is 0 Å². The standard InChI is InChI=1S/C20H32FN5O/c1-15(2)16(3)24-20(22-4)23-10-9-19(27)26-13-11-25(12-14-26)18-7-5-17(21)6-8-18/h5-8,15-16H,9-14H2,1-4H3,(H2,22,23,24). The second kappa shape index (κ2) is 10.1. The number of benzene rings is 1. The third kappa shape index (κ3) is 6.41. The van der Waals surface area contributed by atoms with Crippen molar-refractivity contribution >= 4 is 17.6 Å². The number of carbonyl (C=O) groups is 1. The summed E-state index contributed by atoms with van der Waals surface area (Å²) in [4.78, 5) is 20.7. The fraction of sp³-hybridized carbons (Fsp3) is 0.600. The van der Waals surface area contributed by atoms with Crippen LogP contribution >= 0.6 is 0 Å². The number of rotatable bonds is 6. The first-order valence-corrected chi connectivity index (χ1v) is 9.66. The van der Waals surface area contributed by atoms with E-state index in [0.29, 0.717) is 38.0 Å². The van der Waals surface area contributed by atoms with Crippen molar-refractivity contribution in [2.45, 2.75) is 33.2 Å². The van der Waals surface area contributed by atoms with E-state index in [1.807, 2.05) is 4.90 Å². The van der Waals surface area contributed by atoms with Gasteiger partial charge in [0, 0.05) is 57.9 Å². The molecule has 0 saturated carbocycles. The van der Waals surface area contributed by atoms with Gasteiger partial charge in [-0.15, -0.1) is 0 Å². The molecule has 0 spiro atoms. The molecule has 6 nitrogen and oxygen atoms in total. The summed E-state index contributed by atoms with van der Waals surface area (Å²) in [6, 6.07) is 6.83. The van der Waals surface area contributed by atoms with E-state index in [-0.39, 0.29) is 11.7 Å². The minimum absolute atomic E-state index is 0.147. The van der Waals surface area contributed by atoms with Gasteiger partial charge in [0.25, 0.3) is 0 Å². The van der Waals surface area contributed by atoms with E-state index in [9.17, 15) is 9.18 Å². The van der Waals surface area contributed by atoms with Crippen LogP contribution in [0.2, 0.25) is 0 Å². The molecule has 1 fully saturated rings. The topological polar surface area (TPSA) is 60.0 Å². The molecule has 1 saturated heterocycles. The maximum absolute atomic E-state index is 13.0. The Labute approximate surface area is 161 Å². The monoisotopic (exact) mass is 377 g/mol. The zero-order valence-electron chi connectivity index (χ0n) is 16.8. The van der Waals surface area contributed by atoms with Crippen LogP contribution in [0.25, 0.3) is 0 Å². The lowest BCUT2D eigenvalue weighted by molar-refractivity contribution is -0.131. The first-order chi connectivity index (χ1) is 12.9. The number of nitrogens with zero attached hydrogens (tertiary/aromatic N) is 3. The van der Waals surface area contributed by atoms with Gasteiger partial charge in [-0.25, -0.2) is 4.39 Å². The van der Waals surface area contributed by atoms with Gasteiger partial charge < -0.3 is 20.4 Å². The van der Waals surface area contributed by atoms with E-state index in [1.54, 1.807) is 19.2 Å². The lowest BCUT2D eigenvalue weighted by Crippen LogP contribution is -2.50. The molecule has 1 heterocycles. The molecule has 7 heteroatoms. The molecule has 27 heavy (non-hydrogen) atoms. The highest BCUT2D eigenvalue weighted by Crippen LogP contribution is 2.17. The number of piperazine rings is 1. The second-order valence-electron chi connectivity index (χ2n) is 7.27. The Balaban J connectivity index is 1.72. The largest absolute Gasteiger partial charge is 0.368 e. The van der Waals surface area contributed by atoms with E-state index in [2.05, 4.69) is 41.3 Å². The van der Waals surface area contributed by atoms with Crippen LogP contribution in [0.3, 0.4) is 0 Å². The molecule has 1 atom stereocenters. The van der Waals surface area contributed by atoms with Crippen molar-refractivity contribution in [2.24, 2.45) is 10.9 Å². The SMILES string of the molecule is CN=C(NCCC(=O)N1CCN(c2ccc(F)cc2)CC1)NC(C)C(C)C. The maximum atomic E-state index is 13.0. The molecule has 0 radical (unpaired) electrons. The summed E-state index contributed by atoms with van der Waals surface area (Å²) in [7, 11) is 1.73. The van der Waals surface area contributed by atoms with Gasteiger partial charge in [0.2, 0.25) is 5.91 Å². The Morgan fingerprint density at radius 1 is 1.15 bits per heavy atom. The Kier molecular flexibility index (Phi) is 7.88. The Morgan fingerprint density at radius 3 is 2.33 bits per heavy atom. The van der Waals surface area contributed by atoms with Crippen LogP contribution in [0.15, 0.2) is 29.3 Å². The van der Waals surface area contributed by atoms with Gasteiger partial charge in [0.15, 0.2) is 5.96 Å². The lowest BCUT2D eigenvalue weighted by atomic mass is 10.1. The number of halogens is 1. The molecule has 1 unspecified atom stereocenters. The summed E-state index contributed by atoms with van der Waals surface area (Å²) in [5.74, 6) is 1.15. The third-order valence-electron chi connectivity index (χ3n) is 5.04. The van der Waals surface area contributed by atoms with Crippen LogP contribution in [0, 0.1) is 11.7 Å². The first-order valence-electron chi connectivity index (χ1n) is 9.66. The Morgan fingerprint density at radius 2 is 1.78 bits per heavy atom. The number of hydrogen-bond acceptors (Lipinski definition) is 3. The summed E-state index contributed by atoms with van der Waals surface area (Å²) in [6.07, 6.45) is 0.438. The molecule has 1 aromatic carbocycles. The van der Waals surface area contributed by atoms with E-state index in [1.165, 1.54) is 12.1 Å². The average molecular weight is 378 g/mol. The number of nitrogens with one attached hydrogen (secondary N) is 2. The fourth-order valence-corrected chi connectivity index (χ4v) is 2.89. The maximum Gasteiger partial charge on any atom is 0.224 e. The van der Waals surface area contributed by atoms with Crippen molar-refractivity contribution in [1.29, 1.82) is 0 Å². The van der Waals surface area contributed by atoms with Crippen molar-refractivity contribution in [3.8, 4) is 0 Å². The number of guanidine groups is 1. The van der Waals surface area contributed by atoms with Gasteiger partial charge in [0.05, 0.1) is 0 Å². The smallest absolute Gasteiger partial charge is 0.224 e. The molecule has 150 valence electrons. The molecule has 0 aliphatic carbocycles. The molecule has 1 aliphatic rings. The highest BCUT2D eigenvalue weighted by molar-refractivity contribution is 5.81. The number of anilines is 1. The number of amides is 1. The number of aliphatic imine (C=N–C) groups is 1. The van der Waals surface area contributed by atoms with Gasteiger partial charge >= 0.3 is 0 Å². The van der Waals surface area contributed by atoms with Crippen LogP contribution in [0.4, 0.5) is 10.1 Å². The average Bonchev–Trinajstić information content (AvgIpc) is 2.67.